The van der Waals surface area contributed by atoms with Crippen molar-refractivity contribution < 1.29 is 14.7 Å². The van der Waals surface area contributed by atoms with Gasteiger partial charge in [0.25, 0.3) is 0 Å². The number of hydrogen-bond donors (Lipinski definition) is 1. The molecule has 0 spiro atoms. The van der Waals surface area contributed by atoms with Crippen LogP contribution in [0.5, 0.6) is 0 Å². The number of hydrogen-bond acceptors (Lipinski definition) is 4. The molecule has 18 heavy (non-hydrogen) atoms. The Morgan fingerprint density at radius 1 is 1.61 bits per heavy atom. The molecule has 0 aromatic carbocycles. The van der Waals surface area contributed by atoms with Crippen molar-refractivity contribution in [3.05, 3.63) is 23.5 Å². The molecule has 0 radical (unpaired) electrons. The predicted octanol–water partition coefficient (Wildman–Crippen LogP) is 0.870. The summed E-state index contributed by atoms with van der Waals surface area (Å²) in [6.07, 6.45) is 3.63. The fraction of sp³-hybridized carbons (Fsp3) is 0.364. The lowest BCUT2D eigenvalue weighted by Crippen LogP contribution is -2.41. The summed E-state index contributed by atoms with van der Waals surface area (Å²) in [7, 11) is 1.50. The molecule has 0 aliphatic carbocycles. The van der Waals surface area contributed by atoms with Crippen molar-refractivity contribution in [2.24, 2.45) is 0 Å². The van der Waals surface area contributed by atoms with E-state index in [9.17, 15) is 9.59 Å². The highest BCUT2D eigenvalue weighted by molar-refractivity contribution is 7.15. The number of aliphatic carboxylic acids is 1. The third-order valence-electron chi connectivity index (χ3n) is 2.88. The van der Waals surface area contributed by atoms with Gasteiger partial charge in [0.15, 0.2) is 4.96 Å². The molecule has 0 aliphatic rings. The highest BCUT2D eigenvalue weighted by Crippen LogP contribution is 2.15. The van der Waals surface area contributed by atoms with E-state index in [1.807, 2.05) is 9.78 Å². The van der Waals surface area contributed by atoms with Crippen molar-refractivity contribution in [2.75, 3.05) is 7.05 Å². The van der Waals surface area contributed by atoms with Crippen LogP contribution in [0.4, 0.5) is 0 Å². The van der Waals surface area contributed by atoms with Crippen LogP contribution in [0.15, 0.2) is 17.8 Å². The summed E-state index contributed by atoms with van der Waals surface area (Å²) in [5.74, 6) is -1.23. The average Bonchev–Trinajstić information content (AvgIpc) is 2.91. The first-order valence-electron chi connectivity index (χ1n) is 5.38. The zero-order chi connectivity index (χ0) is 13.3. The number of fused-ring (bicyclic) bond motifs is 1. The number of likely N-dealkylation sites (N-methyl/N-ethyl adjacent to an activating group) is 1. The molecule has 1 N–H and O–H groups in total. The van der Waals surface area contributed by atoms with Gasteiger partial charge in [-0.1, -0.05) is 0 Å². The largest absolute Gasteiger partial charge is 0.480 e. The third-order valence-corrected chi connectivity index (χ3v) is 3.78. The number of rotatable bonds is 4. The standard InChI is InChI=1S/C11H13N3O3S/c1-7(10(16)17)13(2)9(15)5-8-6-18-11-12-3-4-14(8)11/h3-4,6-7H,5H2,1-2H3,(H,16,17). The van der Waals surface area contributed by atoms with E-state index in [1.165, 1.54) is 30.2 Å². The van der Waals surface area contributed by atoms with Crippen LogP contribution in [0.1, 0.15) is 12.6 Å². The molecule has 1 amide bonds. The molecular weight excluding hydrogens is 254 g/mol. The maximum absolute atomic E-state index is 12.0. The van der Waals surface area contributed by atoms with Gasteiger partial charge in [-0.05, 0) is 6.92 Å². The Hall–Kier alpha value is -1.89. The van der Waals surface area contributed by atoms with Gasteiger partial charge in [-0.2, -0.15) is 0 Å². The Labute approximate surface area is 107 Å². The molecule has 0 aliphatic heterocycles. The normalized spacial score (nSPS) is 12.6. The molecular formula is C11H13N3O3S. The summed E-state index contributed by atoms with van der Waals surface area (Å²) in [6.45, 7) is 1.49. The highest BCUT2D eigenvalue weighted by atomic mass is 32.1. The minimum Gasteiger partial charge on any atom is -0.480 e. The topological polar surface area (TPSA) is 74.9 Å². The summed E-state index contributed by atoms with van der Waals surface area (Å²) >= 11 is 1.45. The van der Waals surface area contributed by atoms with Crippen molar-refractivity contribution in [3.8, 4) is 0 Å². The maximum atomic E-state index is 12.0. The summed E-state index contributed by atoms with van der Waals surface area (Å²) in [6, 6.07) is -0.825. The summed E-state index contributed by atoms with van der Waals surface area (Å²) in [5.41, 5.74) is 0.821. The van der Waals surface area contributed by atoms with Crippen LogP contribution in [0, 0.1) is 0 Å². The highest BCUT2D eigenvalue weighted by Gasteiger charge is 2.22. The zero-order valence-corrected chi connectivity index (χ0v) is 10.8. The number of amides is 1. The van der Waals surface area contributed by atoms with Crippen molar-refractivity contribution in [2.45, 2.75) is 19.4 Å². The first-order valence-corrected chi connectivity index (χ1v) is 6.26. The van der Waals surface area contributed by atoms with E-state index in [-0.39, 0.29) is 12.3 Å². The van der Waals surface area contributed by atoms with Crippen LogP contribution in [-0.4, -0.2) is 44.4 Å². The van der Waals surface area contributed by atoms with E-state index in [2.05, 4.69) is 4.98 Å². The van der Waals surface area contributed by atoms with E-state index in [4.69, 9.17) is 5.11 Å². The first kappa shape index (κ1) is 12.6. The fourth-order valence-corrected chi connectivity index (χ4v) is 2.41. The SMILES string of the molecule is CC(C(=O)O)N(C)C(=O)Cc1csc2nccn12. The molecule has 2 heterocycles. The Kier molecular flexibility index (Phi) is 3.33. The molecule has 96 valence electrons. The molecule has 0 bridgehead atoms. The number of carbonyl (C=O) groups excluding carboxylic acids is 1. The molecule has 2 aromatic rings. The predicted molar refractivity (Wildman–Crippen MR) is 66.6 cm³/mol. The van der Waals surface area contributed by atoms with Crippen LogP contribution in [0.25, 0.3) is 4.96 Å². The molecule has 2 aromatic heterocycles. The van der Waals surface area contributed by atoms with E-state index in [0.717, 1.165) is 10.7 Å². The summed E-state index contributed by atoms with van der Waals surface area (Å²) in [5, 5.41) is 10.7. The molecule has 7 heteroatoms. The number of thiazole rings is 1. The number of nitrogens with zero attached hydrogens (tertiary/aromatic N) is 3. The minimum atomic E-state index is -1.01. The second-order valence-electron chi connectivity index (χ2n) is 4.00. The fourth-order valence-electron chi connectivity index (χ4n) is 1.56. The van der Waals surface area contributed by atoms with Gasteiger partial charge in [0.05, 0.1) is 6.42 Å². The van der Waals surface area contributed by atoms with Crippen LogP contribution in [0.2, 0.25) is 0 Å². The van der Waals surface area contributed by atoms with Crippen LogP contribution in [-0.2, 0) is 16.0 Å². The first-order chi connectivity index (χ1) is 8.50. The van der Waals surface area contributed by atoms with E-state index in [1.54, 1.807) is 12.4 Å². The Bertz CT molecular complexity index is 589. The molecule has 6 nitrogen and oxygen atoms in total. The van der Waals surface area contributed by atoms with Gasteiger partial charge in [-0.3, -0.25) is 9.20 Å². The van der Waals surface area contributed by atoms with Gasteiger partial charge in [-0.15, -0.1) is 11.3 Å². The van der Waals surface area contributed by atoms with E-state index in [0.29, 0.717) is 0 Å². The van der Waals surface area contributed by atoms with Gasteiger partial charge in [-0.25, -0.2) is 9.78 Å². The molecule has 0 saturated carbocycles. The molecule has 0 saturated heterocycles. The summed E-state index contributed by atoms with van der Waals surface area (Å²) < 4.78 is 1.84. The monoisotopic (exact) mass is 267 g/mol. The summed E-state index contributed by atoms with van der Waals surface area (Å²) in [4.78, 5) is 28.9. The van der Waals surface area contributed by atoms with Crippen LogP contribution >= 0.6 is 11.3 Å². The Morgan fingerprint density at radius 2 is 2.33 bits per heavy atom. The van der Waals surface area contributed by atoms with Gasteiger partial charge < -0.3 is 10.0 Å². The lowest BCUT2D eigenvalue weighted by Gasteiger charge is -2.21. The second-order valence-corrected chi connectivity index (χ2v) is 4.84. The Balaban J connectivity index is 2.12. The van der Waals surface area contributed by atoms with E-state index >= 15 is 0 Å². The molecule has 1 atom stereocenters. The number of carboxylic acid groups (broad SMARTS) is 1. The number of imidazole rings is 1. The van der Waals surface area contributed by atoms with Crippen LogP contribution in [0.3, 0.4) is 0 Å². The lowest BCUT2D eigenvalue weighted by molar-refractivity contribution is -0.148. The smallest absolute Gasteiger partial charge is 0.326 e. The van der Waals surface area contributed by atoms with Gasteiger partial charge >= 0.3 is 5.97 Å². The lowest BCUT2D eigenvalue weighted by atomic mass is 10.2. The van der Waals surface area contributed by atoms with Crippen molar-refractivity contribution in [3.63, 3.8) is 0 Å². The molecule has 0 fully saturated rings. The molecule has 1 unspecified atom stereocenters. The zero-order valence-electron chi connectivity index (χ0n) is 10.0. The van der Waals surface area contributed by atoms with Crippen molar-refractivity contribution >= 4 is 28.2 Å². The number of carboxylic acids is 1. The maximum Gasteiger partial charge on any atom is 0.326 e. The van der Waals surface area contributed by atoms with Gasteiger partial charge in [0.2, 0.25) is 5.91 Å². The Morgan fingerprint density at radius 3 is 3.00 bits per heavy atom. The van der Waals surface area contributed by atoms with Crippen molar-refractivity contribution in [1.82, 2.24) is 14.3 Å². The average molecular weight is 267 g/mol. The number of aromatic nitrogens is 2. The van der Waals surface area contributed by atoms with E-state index < -0.39 is 12.0 Å². The van der Waals surface area contributed by atoms with Gasteiger partial charge in [0.1, 0.15) is 6.04 Å². The minimum absolute atomic E-state index is 0.171. The third kappa shape index (κ3) is 2.21. The van der Waals surface area contributed by atoms with Gasteiger partial charge in [0, 0.05) is 30.5 Å². The molecule has 2 rings (SSSR count). The van der Waals surface area contributed by atoms with Crippen molar-refractivity contribution in [1.29, 1.82) is 0 Å². The quantitative estimate of drug-likeness (QED) is 0.892. The second kappa shape index (κ2) is 4.77. The van der Waals surface area contributed by atoms with Crippen LogP contribution < -0.4 is 0 Å². The number of carbonyl (C=O) groups is 2.